The molecule has 0 atom stereocenters. The molecular formula is C18H22N8O. The van der Waals surface area contributed by atoms with E-state index in [1.54, 1.807) is 17.2 Å². The van der Waals surface area contributed by atoms with Crippen LogP contribution >= 0.6 is 0 Å². The highest BCUT2D eigenvalue weighted by Crippen LogP contribution is 2.23. The zero-order valence-corrected chi connectivity index (χ0v) is 15.0. The third-order valence-corrected chi connectivity index (χ3v) is 4.70. The molecule has 2 amide bonds. The molecule has 2 aromatic heterocycles. The standard InChI is InChI=1S/C18H22N8O/c27-18(19-6-3-8-26-9-7-22-23-26)25-12-10-24(11-13-25)17-15-4-1-2-5-16(15)20-14-21-17/h1-2,4-5,7,9,14H,3,6,8,10-13H2,(H,19,27). The maximum Gasteiger partial charge on any atom is 0.317 e. The van der Waals surface area contributed by atoms with Crippen molar-refractivity contribution in [3.63, 3.8) is 0 Å². The molecule has 4 rings (SSSR count). The van der Waals surface area contributed by atoms with Crippen LogP contribution in [0.15, 0.2) is 43.0 Å². The van der Waals surface area contributed by atoms with Gasteiger partial charge in [-0.05, 0) is 18.6 Å². The van der Waals surface area contributed by atoms with Crippen molar-refractivity contribution in [1.82, 2.24) is 35.2 Å². The molecule has 0 aliphatic carbocycles. The molecule has 9 nitrogen and oxygen atoms in total. The molecule has 27 heavy (non-hydrogen) atoms. The van der Waals surface area contributed by atoms with Crippen LogP contribution in [0.4, 0.5) is 10.6 Å². The summed E-state index contributed by atoms with van der Waals surface area (Å²) in [5.41, 5.74) is 0.940. The van der Waals surface area contributed by atoms with Gasteiger partial charge >= 0.3 is 6.03 Å². The number of anilines is 1. The number of carbonyl (C=O) groups is 1. The highest BCUT2D eigenvalue weighted by atomic mass is 16.2. The fourth-order valence-corrected chi connectivity index (χ4v) is 3.26. The number of aryl methyl sites for hydroxylation is 1. The van der Waals surface area contributed by atoms with Crippen molar-refractivity contribution in [3.8, 4) is 0 Å². The van der Waals surface area contributed by atoms with Crippen molar-refractivity contribution in [2.45, 2.75) is 13.0 Å². The second-order valence-electron chi connectivity index (χ2n) is 6.44. The number of carbonyl (C=O) groups excluding carboxylic acids is 1. The highest BCUT2D eigenvalue weighted by molar-refractivity contribution is 5.89. The Balaban J connectivity index is 1.27. The summed E-state index contributed by atoms with van der Waals surface area (Å²) in [7, 11) is 0. The molecule has 1 aliphatic heterocycles. The van der Waals surface area contributed by atoms with Crippen LogP contribution in [0.5, 0.6) is 0 Å². The van der Waals surface area contributed by atoms with Crippen molar-refractivity contribution in [2.24, 2.45) is 0 Å². The first-order valence-corrected chi connectivity index (χ1v) is 9.13. The Morgan fingerprint density at radius 2 is 1.96 bits per heavy atom. The summed E-state index contributed by atoms with van der Waals surface area (Å²) in [6, 6.07) is 7.99. The van der Waals surface area contributed by atoms with Gasteiger partial charge in [0.15, 0.2) is 0 Å². The number of nitrogens with zero attached hydrogens (tertiary/aromatic N) is 7. The van der Waals surface area contributed by atoms with E-state index >= 15 is 0 Å². The van der Waals surface area contributed by atoms with E-state index in [4.69, 9.17) is 0 Å². The minimum absolute atomic E-state index is 0.0132. The molecule has 3 aromatic rings. The normalized spacial score (nSPS) is 14.5. The van der Waals surface area contributed by atoms with E-state index in [0.717, 1.165) is 42.8 Å². The monoisotopic (exact) mass is 366 g/mol. The number of amides is 2. The van der Waals surface area contributed by atoms with Crippen molar-refractivity contribution in [3.05, 3.63) is 43.0 Å². The van der Waals surface area contributed by atoms with E-state index in [0.29, 0.717) is 19.6 Å². The lowest BCUT2D eigenvalue weighted by molar-refractivity contribution is 0.194. The molecule has 1 aliphatic rings. The van der Waals surface area contributed by atoms with Gasteiger partial charge in [-0.1, -0.05) is 17.3 Å². The van der Waals surface area contributed by atoms with E-state index in [2.05, 4.69) is 30.5 Å². The van der Waals surface area contributed by atoms with Gasteiger partial charge in [-0.2, -0.15) is 0 Å². The predicted octanol–water partition coefficient (Wildman–Crippen LogP) is 1.14. The SMILES string of the molecule is O=C(NCCCn1ccnn1)N1CCN(c2ncnc3ccccc23)CC1. The van der Waals surface area contributed by atoms with Crippen LogP contribution in [0, 0.1) is 0 Å². The van der Waals surface area contributed by atoms with Gasteiger partial charge in [0.2, 0.25) is 0 Å². The number of fused-ring (bicyclic) bond motifs is 1. The maximum absolute atomic E-state index is 12.4. The lowest BCUT2D eigenvalue weighted by Gasteiger charge is -2.35. The molecule has 1 saturated heterocycles. The van der Waals surface area contributed by atoms with Crippen LogP contribution < -0.4 is 10.2 Å². The van der Waals surface area contributed by atoms with Gasteiger partial charge in [0, 0.05) is 50.9 Å². The molecule has 0 radical (unpaired) electrons. The quantitative estimate of drug-likeness (QED) is 0.681. The fraction of sp³-hybridized carbons (Fsp3) is 0.389. The first-order valence-electron chi connectivity index (χ1n) is 9.13. The largest absolute Gasteiger partial charge is 0.352 e. The number of piperazine rings is 1. The molecule has 9 heteroatoms. The number of rotatable bonds is 5. The number of nitrogens with one attached hydrogen (secondary N) is 1. The first-order chi connectivity index (χ1) is 13.3. The lowest BCUT2D eigenvalue weighted by atomic mass is 10.2. The molecule has 0 spiro atoms. The van der Waals surface area contributed by atoms with Gasteiger partial charge in [-0.3, -0.25) is 4.68 Å². The summed E-state index contributed by atoms with van der Waals surface area (Å²) >= 11 is 0. The summed E-state index contributed by atoms with van der Waals surface area (Å²) in [6.45, 7) is 4.23. The van der Waals surface area contributed by atoms with E-state index in [1.165, 1.54) is 0 Å². The van der Waals surface area contributed by atoms with Crippen LogP contribution in [-0.4, -0.2) is 68.6 Å². The predicted molar refractivity (Wildman–Crippen MR) is 101 cm³/mol. The highest BCUT2D eigenvalue weighted by Gasteiger charge is 2.22. The first kappa shape index (κ1) is 17.2. The zero-order valence-electron chi connectivity index (χ0n) is 15.0. The Morgan fingerprint density at radius 3 is 2.78 bits per heavy atom. The Labute approximate surface area is 157 Å². The van der Waals surface area contributed by atoms with Gasteiger partial charge in [0.25, 0.3) is 0 Å². The summed E-state index contributed by atoms with van der Waals surface area (Å²) in [5, 5.41) is 11.7. The van der Waals surface area contributed by atoms with Gasteiger partial charge in [0.05, 0.1) is 11.7 Å². The second-order valence-corrected chi connectivity index (χ2v) is 6.44. The molecule has 0 saturated carbocycles. The molecule has 1 aromatic carbocycles. The van der Waals surface area contributed by atoms with Crippen molar-refractivity contribution in [1.29, 1.82) is 0 Å². The Hall–Kier alpha value is -3.23. The van der Waals surface area contributed by atoms with E-state index in [-0.39, 0.29) is 6.03 Å². The molecule has 1 fully saturated rings. The maximum atomic E-state index is 12.4. The van der Waals surface area contributed by atoms with Crippen LogP contribution in [0.2, 0.25) is 0 Å². The number of benzene rings is 1. The Morgan fingerprint density at radius 1 is 1.11 bits per heavy atom. The van der Waals surface area contributed by atoms with Crippen LogP contribution in [-0.2, 0) is 6.54 Å². The lowest BCUT2D eigenvalue weighted by Crippen LogP contribution is -2.52. The third kappa shape index (κ3) is 3.97. The minimum Gasteiger partial charge on any atom is -0.352 e. The second kappa shape index (κ2) is 7.98. The van der Waals surface area contributed by atoms with Crippen LogP contribution in [0.3, 0.4) is 0 Å². The Bertz CT molecular complexity index is 884. The fourth-order valence-electron chi connectivity index (χ4n) is 3.26. The van der Waals surface area contributed by atoms with Crippen molar-refractivity contribution >= 4 is 22.8 Å². The average Bonchev–Trinajstić information content (AvgIpc) is 3.24. The van der Waals surface area contributed by atoms with Crippen LogP contribution in [0.25, 0.3) is 10.9 Å². The number of hydrogen-bond acceptors (Lipinski definition) is 6. The van der Waals surface area contributed by atoms with Gasteiger partial charge in [0.1, 0.15) is 12.1 Å². The van der Waals surface area contributed by atoms with E-state index in [9.17, 15) is 4.79 Å². The summed E-state index contributed by atoms with van der Waals surface area (Å²) < 4.78 is 1.76. The third-order valence-electron chi connectivity index (χ3n) is 4.70. The summed E-state index contributed by atoms with van der Waals surface area (Å²) in [6.07, 6.45) is 5.89. The molecule has 1 N–H and O–H groups in total. The molecule has 0 bridgehead atoms. The smallest absolute Gasteiger partial charge is 0.317 e. The molecular weight excluding hydrogens is 344 g/mol. The molecule has 140 valence electrons. The summed E-state index contributed by atoms with van der Waals surface area (Å²) in [4.78, 5) is 25.2. The number of para-hydroxylation sites is 1. The minimum atomic E-state index is -0.0132. The van der Waals surface area contributed by atoms with Gasteiger partial charge < -0.3 is 15.1 Å². The number of hydrogen-bond donors (Lipinski definition) is 1. The number of aromatic nitrogens is 5. The van der Waals surface area contributed by atoms with Crippen molar-refractivity contribution < 1.29 is 4.79 Å². The van der Waals surface area contributed by atoms with Crippen molar-refractivity contribution in [2.75, 3.05) is 37.6 Å². The molecule has 0 unspecified atom stereocenters. The topological polar surface area (TPSA) is 92.1 Å². The number of urea groups is 1. The van der Waals surface area contributed by atoms with Gasteiger partial charge in [-0.25, -0.2) is 14.8 Å². The summed E-state index contributed by atoms with van der Waals surface area (Å²) in [5.74, 6) is 0.938. The zero-order chi connectivity index (χ0) is 18.5. The van der Waals surface area contributed by atoms with Gasteiger partial charge in [-0.15, -0.1) is 5.10 Å². The van der Waals surface area contributed by atoms with Crippen LogP contribution in [0.1, 0.15) is 6.42 Å². The average molecular weight is 366 g/mol. The van der Waals surface area contributed by atoms with E-state index < -0.39 is 0 Å². The Kier molecular flexibility index (Phi) is 5.08. The molecule has 3 heterocycles. The van der Waals surface area contributed by atoms with E-state index in [1.807, 2.05) is 35.4 Å².